The van der Waals surface area contributed by atoms with E-state index in [1.807, 2.05) is 7.05 Å². The van der Waals surface area contributed by atoms with Gasteiger partial charge in [-0.15, -0.1) is 0 Å². The molecule has 0 aliphatic carbocycles. The molecule has 0 aliphatic heterocycles. The second-order valence-corrected chi connectivity index (χ2v) is 5.63. The number of rotatable bonds is 5. The molecule has 2 rings (SSSR count). The Labute approximate surface area is 112 Å². The maximum atomic E-state index is 5.28. The number of hydrogen-bond acceptors (Lipinski definition) is 4. The first kappa shape index (κ1) is 13.2. The number of oxazole rings is 1. The van der Waals surface area contributed by atoms with Gasteiger partial charge >= 0.3 is 0 Å². The largest absolute Gasteiger partial charge is 0.440 e. The zero-order valence-electron chi connectivity index (χ0n) is 10.9. The van der Waals surface area contributed by atoms with Crippen molar-refractivity contribution in [1.29, 1.82) is 0 Å². The summed E-state index contributed by atoms with van der Waals surface area (Å²) in [5.41, 5.74) is 2.57. The summed E-state index contributed by atoms with van der Waals surface area (Å²) in [5, 5.41) is 4.42. The van der Waals surface area contributed by atoms with Crippen molar-refractivity contribution in [2.24, 2.45) is 0 Å². The van der Waals surface area contributed by atoms with Crippen molar-refractivity contribution < 1.29 is 4.42 Å². The third-order valence-corrected chi connectivity index (χ3v) is 3.96. The molecular formula is C14H18N2OS. The van der Waals surface area contributed by atoms with Crippen LogP contribution in [-0.4, -0.2) is 17.3 Å². The number of nitrogens with zero attached hydrogens (tertiary/aromatic N) is 1. The Bertz CT molecular complexity index is 467. The molecule has 1 aromatic heterocycles. The molecule has 2 atom stereocenters. The average Bonchev–Trinajstić information content (AvgIpc) is 2.85. The van der Waals surface area contributed by atoms with E-state index in [0.29, 0.717) is 5.25 Å². The third kappa shape index (κ3) is 3.15. The van der Waals surface area contributed by atoms with Gasteiger partial charge in [-0.25, -0.2) is 4.98 Å². The van der Waals surface area contributed by atoms with Crippen molar-refractivity contribution in [3.8, 4) is 0 Å². The van der Waals surface area contributed by atoms with Gasteiger partial charge in [0.1, 0.15) is 6.26 Å². The highest BCUT2D eigenvalue weighted by Gasteiger charge is 2.20. The molecule has 1 heterocycles. The zero-order chi connectivity index (χ0) is 13.0. The molecule has 0 saturated heterocycles. The van der Waals surface area contributed by atoms with Gasteiger partial charge in [0.15, 0.2) is 0 Å². The van der Waals surface area contributed by atoms with Gasteiger partial charge in [0.25, 0.3) is 5.22 Å². The highest BCUT2D eigenvalue weighted by Crippen LogP contribution is 2.30. The maximum absolute atomic E-state index is 5.28. The van der Waals surface area contributed by atoms with Crippen LogP contribution in [0.2, 0.25) is 0 Å². The summed E-state index contributed by atoms with van der Waals surface area (Å²) < 4.78 is 5.28. The number of aryl methyl sites for hydroxylation is 1. The number of thioether (sulfide) groups is 1. The highest BCUT2D eigenvalue weighted by molar-refractivity contribution is 7.99. The van der Waals surface area contributed by atoms with Crippen molar-refractivity contribution >= 4 is 11.8 Å². The van der Waals surface area contributed by atoms with Gasteiger partial charge in [-0.1, -0.05) is 48.5 Å². The monoisotopic (exact) mass is 262 g/mol. The first-order chi connectivity index (χ1) is 8.70. The van der Waals surface area contributed by atoms with Gasteiger partial charge < -0.3 is 9.73 Å². The fraction of sp³-hybridized carbons (Fsp3) is 0.357. The molecule has 0 saturated carbocycles. The second-order valence-electron chi connectivity index (χ2n) is 4.30. The van der Waals surface area contributed by atoms with Gasteiger partial charge in [0.2, 0.25) is 0 Å². The number of nitrogens with one attached hydrogen (secondary N) is 1. The van der Waals surface area contributed by atoms with Crippen LogP contribution in [0.15, 0.2) is 46.4 Å². The standard InChI is InChI=1S/C14H18N2OS/c1-10-4-6-12(7-5-10)13(15-3)11(2)18-14-16-8-9-17-14/h4-9,11,13,15H,1-3H3. The molecule has 0 fully saturated rings. The molecule has 4 heteroatoms. The molecule has 0 amide bonds. The van der Waals surface area contributed by atoms with Crippen LogP contribution in [0.1, 0.15) is 24.1 Å². The van der Waals surface area contributed by atoms with Gasteiger partial charge in [-0.2, -0.15) is 0 Å². The molecule has 2 unspecified atom stereocenters. The minimum absolute atomic E-state index is 0.280. The van der Waals surface area contributed by atoms with Crippen LogP contribution in [0.5, 0.6) is 0 Å². The van der Waals surface area contributed by atoms with E-state index >= 15 is 0 Å². The Morgan fingerprint density at radius 3 is 2.56 bits per heavy atom. The Balaban J connectivity index is 2.10. The maximum Gasteiger partial charge on any atom is 0.255 e. The Kier molecular flexibility index (Phi) is 4.44. The number of hydrogen-bond donors (Lipinski definition) is 1. The SMILES string of the molecule is CNC(c1ccc(C)cc1)C(C)Sc1ncco1. The highest BCUT2D eigenvalue weighted by atomic mass is 32.2. The van der Waals surface area contributed by atoms with Crippen LogP contribution in [0.3, 0.4) is 0 Å². The summed E-state index contributed by atoms with van der Waals surface area (Å²) in [6, 6.07) is 8.90. The molecule has 96 valence electrons. The van der Waals surface area contributed by atoms with Crippen LogP contribution in [0, 0.1) is 6.92 Å². The molecular weight excluding hydrogens is 244 g/mol. The smallest absolute Gasteiger partial charge is 0.255 e. The van der Waals surface area contributed by atoms with Crippen LogP contribution in [-0.2, 0) is 0 Å². The lowest BCUT2D eigenvalue weighted by Crippen LogP contribution is -2.25. The molecule has 1 N–H and O–H groups in total. The first-order valence-corrected chi connectivity index (χ1v) is 6.88. The summed E-state index contributed by atoms with van der Waals surface area (Å²) in [4.78, 5) is 4.15. The molecule has 0 bridgehead atoms. The summed E-state index contributed by atoms with van der Waals surface area (Å²) in [6.45, 7) is 4.28. The van der Waals surface area contributed by atoms with Crippen molar-refractivity contribution in [2.75, 3.05) is 7.05 Å². The second kappa shape index (κ2) is 6.07. The first-order valence-electron chi connectivity index (χ1n) is 6.00. The molecule has 2 aromatic rings. The minimum Gasteiger partial charge on any atom is -0.440 e. The summed E-state index contributed by atoms with van der Waals surface area (Å²) in [7, 11) is 1.98. The molecule has 0 aliphatic rings. The summed E-state index contributed by atoms with van der Waals surface area (Å²) in [5.74, 6) is 0. The summed E-state index contributed by atoms with van der Waals surface area (Å²) in [6.07, 6.45) is 3.28. The molecule has 0 spiro atoms. The fourth-order valence-corrected chi connectivity index (χ4v) is 2.92. The minimum atomic E-state index is 0.280. The van der Waals surface area contributed by atoms with Crippen molar-refractivity contribution in [1.82, 2.24) is 10.3 Å². The van der Waals surface area contributed by atoms with Crippen molar-refractivity contribution in [2.45, 2.75) is 30.4 Å². The van der Waals surface area contributed by atoms with E-state index in [4.69, 9.17) is 4.42 Å². The lowest BCUT2D eigenvalue weighted by Gasteiger charge is -2.22. The van der Waals surface area contributed by atoms with E-state index in [-0.39, 0.29) is 6.04 Å². The van der Waals surface area contributed by atoms with Gasteiger partial charge in [0.05, 0.1) is 6.20 Å². The molecule has 0 radical (unpaired) electrons. The van der Waals surface area contributed by atoms with Crippen molar-refractivity contribution in [3.05, 3.63) is 47.9 Å². The van der Waals surface area contributed by atoms with E-state index in [0.717, 1.165) is 5.22 Å². The predicted molar refractivity (Wildman–Crippen MR) is 74.8 cm³/mol. The van der Waals surface area contributed by atoms with Gasteiger partial charge in [-0.3, -0.25) is 0 Å². The third-order valence-electron chi connectivity index (χ3n) is 2.91. The predicted octanol–water partition coefficient (Wildman–Crippen LogP) is 3.42. The summed E-state index contributed by atoms with van der Waals surface area (Å²) >= 11 is 1.64. The molecule has 3 nitrogen and oxygen atoms in total. The van der Waals surface area contributed by atoms with Crippen LogP contribution < -0.4 is 5.32 Å². The Hall–Kier alpha value is -1.26. The lowest BCUT2D eigenvalue weighted by atomic mass is 10.0. The van der Waals surface area contributed by atoms with Gasteiger partial charge in [0, 0.05) is 11.3 Å². The lowest BCUT2D eigenvalue weighted by molar-refractivity contribution is 0.451. The average molecular weight is 262 g/mol. The van der Waals surface area contributed by atoms with E-state index in [2.05, 4.69) is 48.4 Å². The van der Waals surface area contributed by atoms with E-state index in [9.17, 15) is 0 Å². The molecule has 18 heavy (non-hydrogen) atoms. The van der Waals surface area contributed by atoms with E-state index in [1.54, 1.807) is 24.2 Å². The Morgan fingerprint density at radius 1 is 1.28 bits per heavy atom. The van der Waals surface area contributed by atoms with E-state index < -0.39 is 0 Å². The number of benzene rings is 1. The Morgan fingerprint density at radius 2 is 2.00 bits per heavy atom. The van der Waals surface area contributed by atoms with Crippen molar-refractivity contribution in [3.63, 3.8) is 0 Å². The zero-order valence-corrected chi connectivity index (χ0v) is 11.7. The quantitative estimate of drug-likeness (QED) is 0.838. The van der Waals surface area contributed by atoms with Crippen LogP contribution >= 0.6 is 11.8 Å². The molecule has 1 aromatic carbocycles. The topological polar surface area (TPSA) is 38.1 Å². The number of aromatic nitrogens is 1. The van der Waals surface area contributed by atoms with E-state index in [1.165, 1.54) is 11.1 Å². The van der Waals surface area contributed by atoms with Gasteiger partial charge in [-0.05, 0) is 19.5 Å². The normalized spacial score (nSPS) is 14.4. The fourth-order valence-electron chi connectivity index (χ4n) is 1.94. The van der Waals surface area contributed by atoms with Crippen LogP contribution in [0.25, 0.3) is 0 Å². The van der Waals surface area contributed by atoms with Crippen LogP contribution in [0.4, 0.5) is 0 Å².